The Morgan fingerprint density at radius 1 is 1.08 bits per heavy atom. The quantitative estimate of drug-likeness (QED) is 0.714. The van der Waals surface area contributed by atoms with Crippen molar-refractivity contribution in [1.82, 2.24) is 4.57 Å². The van der Waals surface area contributed by atoms with Gasteiger partial charge in [-0.15, -0.1) is 0 Å². The number of hydrogen-bond acceptors (Lipinski definition) is 3. The molecule has 6 heteroatoms. The van der Waals surface area contributed by atoms with Gasteiger partial charge in [0.15, 0.2) is 0 Å². The van der Waals surface area contributed by atoms with E-state index in [0.29, 0.717) is 28.4 Å². The molecule has 5 nitrogen and oxygen atoms in total. The molecule has 0 aliphatic heterocycles. The Bertz CT molecular complexity index is 997. The molecule has 2 aromatic carbocycles. The minimum atomic E-state index is -1.00. The van der Waals surface area contributed by atoms with Gasteiger partial charge in [0.2, 0.25) is 0 Å². The number of pyridine rings is 1. The molecule has 26 heavy (non-hydrogen) atoms. The number of aromatic carboxylic acids is 1. The second-order valence-corrected chi connectivity index (χ2v) is 6.04. The highest BCUT2D eigenvalue weighted by molar-refractivity contribution is 6.31. The fraction of sp³-hybridized carbons (Fsp3) is 0.100. The van der Waals surface area contributed by atoms with Crippen molar-refractivity contribution in [2.75, 3.05) is 6.61 Å². The topological polar surface area (TPSA) is 68.5 Å². The van der Waals surface area contributed by atoms with Crippen molar-refractivity contribution in [3.8, 4) is 16.9 Å². The van der Waals surface area contributed by atoms with Gasteiger partial charge >= 0.3 is 5.97 Å². The van der Waals surface area contributed by atoms with Gasteiger partial charge in [-0.1, -0.05) is 29.8 Å². The smallest absolute Gasteiger partial charge is 0.335 e. The van der Waals surface area contributed by atoms with Crippen LogP contribution in [0.1, 0.15) is 10.4 Å². The summed E-state index contributed by atoms with van der Waals surface area (Å²) < 4.78 is 7.40. The average Bonchev–Trinajstić information content (AvgIpc) is 2.64. The molecule has 132 valence electrons. The molecule has 0 aliphatic rings. The fourth-order valence-electron chi connectivity index (χ4n) is 2.57. The van der Waals surface area contributed by atoms with Gasteiger partial charge in [0.25, 0.3) is 5.56 Å². The lowest BCUT2D eigenvalue weighted by Crippen LogP contribution is -2.21. The summed E-state index contributed by atoms with van der Waals surface area (Å²) in [5, 5.41) is 9.70. The third kappa shape index (κ3) is 4.13. The molecular formula is C20H16ClNO4. The number of ether oxygens (including phenoxy) is 1. The summed E-state index contributed by atoms with van der Waals surface area (Å²) in [6.07, 6.45) is 1.70. The molecule has 0 radical (unpaired) electrons. The molecule has 0 atom stereocenters. The minimum Gasteiger partial charge on any atom is -0.491 e. The number of benzene rings is 2. The van der Waals surface area contributed by atoms with Gasteiger partial charge in [-0.25, -0.2) is 4.79 Å². The number of rotatable bonds is 6. The highest BCUT2D eigenvalue weighted by atomic mass is 35.5. The SMILES string of the molecule is O=C(O)c1cccc(-c2cc(Cl)ccc2OCCn2ccccc2=O)c1. The van der Waals surface area contributed by atoms with E-state index in [1.54, 1.807) is 59.3 Å². The number of aromatic nitrogens is 1. The van der Waals surface area contributed by atoms with E-state index in [0.717, 1.165) is 0 Å². The van der Waals surface area contributed by atoms with Crippen molar-refractivity contribution in [2.45, 2.75) is 6.54 Å². The molecule has 0 amide bonds. The number of carboxylic acid groups (broad SMARTS) is 1. The molecule has 1 aromatic heterocycles. The van der Waals surface area contributed by atoms with E-state index in [-0.39, 0.29) is 17.7 Å². The largest absolute Gasteiger partial charge is 0.491 e. The van der Waals surface area contributed by atoms with Gasteiger partial charge in [0.05, 0.1) is 12.1 Å². The van der Waals surface area contributed by atoms with E-state index in [1.165, 1.54) is 12.1 Å². The van der Waals surface area contributed by atoms with Crippen LogP contribution in [0, 0.1) is 0 Å². The highest BCUT2D eigenvalue weighted by Crippen LogP contribution is 2.33. The first-order chi connectivity index (χ1) is 12.5. The van der Waals surface area contributed by atoms with Gasteiger partial charge in [0, 0.05) is 22.8 Å². The lowest BCUT2D eigenvalue weighted by molar-refractivity contribution is 0.0697. The summed E-state index contributed by atoms with van der Waals surface area (Å²) >= 11 is 6.10. The molecule has 3 aromatic rings. The number of nitrogens with zero attached hydrogens (tertiary/aromatic N) is 1. The molecular weight excluding hydrogens is 354 g/mol. The summed E-state index contributed by atoms with van der Waals surface area (Å²) in [4.78, 5) is 22.9. The number of hydrogen-bond donors (Lipinski definition) is 1. The van der Waals surface area contributed by atoms with Crippen LogP contribution in [-0.4, -0.2) is 22.2 Å². The van der Waals surface area contributed by atoms with Crippen molar-refractivity contribution in [3.05, 3.63) is 87.8 Å². The zero-order valence-electron chi connectivity index (χ0n) is 13.8. The van der Waals surface area contributed by atoms with E-state index in [4.69, 9.17) is 16.3 Å². The van der Waals surface area contributed by atoms with Crippen LogP contribution in [0.15, 0.2) is 71.7 Å². The Balaban J connectivity index is 1.84. The zero-order valence-corrected chi connectivity index (χ0v) is 14.5. The molecule has 0 saturated heterocycles. The molecule has 0 spiro atoms. The minimum absolute atomic E-state index is 0.0958. The van der Waals surface area contributed by atoms with Crippen molar-refractivity contribution < 1.29 is 14.6 Å². The predicted octanol–water partition coefficient (Wildman–Crippen LogP) is 3.95. The van der Waals surface area contributed by atoms with E-state index in [2.05, 4.69) is 0 Å². The second-order valence-electron chi connectivity index (χ2n) is 5.61. The van der Waals surface area contributed by atoms with Gasteiger partial charge < -0.3 is 14.4 Å². The highest BCUT2D eigenvalue weighted by Gasteiger charge is 2.10. The summed E-state index contributed by atoms with van der Waals surface area (Å²) in [5.41, 5.74) is 1.48. The Kier molecular flexibility index (Phi) is 5.39. The van der Waals surface area contributed by atoms with Crippen molar-refractivity contribution in [2.24, 2.45) is 0 Å². The molecule has 0 aliphatic carbocycles. The number of carboxylic acids is 1. The average molecular weight is 370 g/mol. The van der Waals surface area contributed by atoms with Crippen LogP contribution in [0.2, 0.25) is 5.02 Å². The predicted molar refractivity (Wildman–Crippen MR) is 100 cm³/mol. The van der Waals surface area contributed by atoms with Crippen LogP contribution in [0.5, 0.6) is 5.75 Å². The van der Waals surface area contributed by atoms with Crippen LogP contribution in [-0.2, 0) is 6.54 Å². The Morgan fingerprint density at radius 2 is 1.92 bits per heavy atom. The standard InChI is InChI=1S/C20H16ClNO4/c21-16-7-8-18(26-11-10-22-9-2-1-6-19(22)23)17(13-16)14-4-3-5-15(12-14)20(24)25/h1-9,12-13H,10-11H2,(H,24,25). The van der Waals surface area contributed by atoms with E-state index in [9.17, 15) is 14.7 Å². The normalized spacial score (nSPS) is 10.5. The Hall–Kier alpha value is -3.05. The molecule has 1 heterocycles. The summed E-state index contributed by atoms with van der Waals surface area (Å²) in [5.74, 6) is -0.430. The summed E-state index contributed by atoms with van der Waals surface area (Å²) in [6, 6.07) is 16.7. The van der Waals surface area contributed by atoms with E-state index < -0.39 is 5.97 Å². The van der Waals surface area contributed by atoms with Crippen LogP contribution in [0.4, 0.5) is 0 Å². The van der Waals surface area contributed by atoms with Gasteiger partial charge in [0.1, 0.15) is 12.4 Å². The van der Waals surface area contributed by atoms with Crippen LogP contribution < -0.4 is 10.3 Å². The van der Waals surface area contributed by atoms with Crippen molar-refractivity contribution in [3.63, 3.8) is 0 Å². The van der Waals surface area contributed by atoms with E-state index in [1.807, 2.05) is 0 Å². The molecule has 0 fully saturated rings. The maximum absolute atomic E-state index is 11.7. The third-order valence-electron chi connectivity index (χ3n) is 3.85. The first kappa shape index (κ1) is 17.8. The van der Waals surface area contributed by atoms with E-state index >= 15 is 0 Å². The van der Waals surface area contributed by atoms with Gasteiger partial charge in [-0.2, -0.15) is 0 Å². The molecule has 0 unspecified atom stereocenters. The molecule has 0 bridgehead atoms. The molecule has 3 rings (SSSR count). The van der Waals surface area contributed by atoms with Crippen molar-refractivity contribution in [1.29, 1.82) is 0 Å². The Labute approximate surface area is 155 Å². The van der Waals surface area contributed by atoms with Crippen LogP contribution in [0.25, 0.3) is 11.1 Å². The molecule has 0 saturated carbocycles. The van der Waals surface area contributed by atoms with Crippen LogP contribution >= 0.6 is 11.6 Å². The molecule has 1 N–H and O–H groups in total. The maximum atomic E-state index is 11.7. The first-order valence-electron chi connectivity index (χ1n) is 7.96. The fourth-order valence-corrected chi connectivity index (χ4v) is 2.74. The first-order valence-corrected chi connectivity index (χ1v) is 8.34. The zero-order chi connectivity index (χ0) is 18.5. The second kappa shape index (κ2) is 7.89. The van der Waals surface area contributed by atoms with Gasteiger partial charge in [-0.05, 0) is 42.0 Å². The number of carbonyl (C=O) groups is 1. The lowest BCUT2D eigenvalue weighted by Gasteiger charge is -2.13. The monoisotopic (exact) mass is 369 g/mol. The van der Waals surface area contributed by atoms with Crippen molar-refractivity contribution >= 4 is 17.6 Å². The maximum Gasteiger partial charge on any atom is 0.335 e. The van der Waals surface area contributed by atoms with Crippen LogP contribution in [0.3, 0.4) is 0 Å². The number of halogens is 1. The lowest BCUT2D eigenvalue weighted by atomic mass is 10.0. The summed E-state index contributed by atoms with van der Waals surface area (Å²) in [7, 11) is 0. The van der Waals surface area contributed by atoms with Gasteiger partial charge in [-0.3, -0.25) is 4.79 Å². The summed E-state index contributed by atoms with van der Waals surface area (Å²) in [6.45, 7) is 0.689. The third-order valence-corrected chi connectivity index (χ3v) is 4.09. The Morgan fingerprint density at radius 3 is 2.69 bits per heavy atom.